The van der Waals surface area contributed by atoms with Gasteiger partial charge in [-0.1, -0.05) is 23.3 Å². The van der Waals surface area contributed by atoms with E-state index in [1.165, 1.54) is 0 Å². The second-order valence-electron chi connectivity index (χ2n) is 6.33. The Balaban J connectivity index is 2.00. The van der Waals surface area contributed by atoms with Crippen molar-refractivity contribution in [2.45, 2.75) is 44.6 Å². The fourth-order valence-corrected chi connectivity index (χ4v) is 4.96. The molecular formula is C18H21NO3S. The number of nitrogens with zero attached hydrogens (tertiary/aromatic N) is 1. The van der Waals surface area contributed by atoms with Gasteiger partial charge in [0.25, 0.3) is 0 Å². The number of fused-ring (bicyclic) bond motifs is 1. The summed E-state index contributed by atoms with van der Waals surface area (Å²) in [6, 6.07) is 6.71. The highest BCUT2D eigenvalue weighted by atomic mass is 32.2. The average molecular weight is 331 g/mol. The molecule has 1 aromatic carbocycles. The molecule has 0 fully saturated rings. The van der Waals surface area contributed by atoms with Crippen LogP contribution in [0.15, 0.2) is 52.0 Å². The van der Waals surface area contributed by atoms with Gasteiger partial charge < -0.3 is 0 Å². The van der Waals surface area contributed by atoms with Crippen molar-refractivity contribution in [1.29, 1.82) is 0 Å². The first-order chi connectivity index (χ1) is 10.8. The van der Waals surface area contributed by atoms with Crippen LogP contribution in [0.2, 0.25) is 0 Å². The molecule has 0 N–H and O–H groups in total. The van der Waals surface area contributed by atoms with Crippen molar-refractivity contribution in [3.63, 3.8) is 0 Å². The summed E-state index contributed by atoms with van der Waals surface area (Å²) >= 11 is 0. The Hall–Kier alpha value is -1.72. The van der Waals surface area contributed by atoms with E-state index in [1.54, 1.807) is 22.5 Å². The lowest BCUT2D eigenvalue weighted by atomic mass is 9.99. The standard InChI is InChI=1S/C18H21NO3S/c1-12-4-6-17(7-5-12)23(21,22)19-9-8-15-10-16(20)11-18(15)13(2)14(19)3/h4-7,10,14H,8-9,11H2,1-3H3. The third-order valence-electron chi connectivity index (χ3n) is 4.84. The molecular weight excluding hydrogens is 310 g/mol. The van der Waals surface area contributed by atoms with Gasteiger partial charge in [0.05, 0.1) is 4.90 Å². The van der Waals surface area contributed by atoms with Gasteiger partial charge in [-0.25, -0.2) is 8.42 Å². The van der Waals surface area contributed by atoms with Crippen LogP contribution < -0.4 is 0 Å². The van der Waals surface area contributed by atoms with Gasteiger partial charge in [0.1, 0.15) is 0 Å². The van der Waals surface area contributed by atoms with Crippen molar-refractivity contribution < 1.29 is 13.2 Å². The van der Waals surface area contributed by atoms with Crippen molar-refractivity contribution in [1.82, 2.24) is 4.31 Å². The number of benzene rings is 1. The zero-order chi connectivity index (χ0) is 16.8. The molecule has 1 unspecified atom stereocenters. The Bertz CT molecular complexity index is 816. The Kier molecular flexibility index (Phi) is 4.02. The lowest BCUT2D eigenvalue weighted by Gasteiger charge is -2.27. The van der Waals surface area contributed by atoms with Crippen LogP contribution in [0.25, 0.3) is 0 Å². The van der Waals surface area contributed by atoms with Crippen LogP contribution in [0.1, 0.15) is 32.3 Å². The highest BCUT2D eigenvalue weighted by Crippen LogP contribution is 2.35. The Labute approximate surface area is 137 Å². The van der Waals surface area contributed by atoms with Gasteiger partial charge in [-0.3, -0.25) is 4.79 Å². The van der Waals surface area contributed by atoms with E-state index in [-0.39, 0.29) is 11.8 Å². The minimum Gasteiger partial charge on any atom is -0.294 e. The van der Waals surface area contributed by atoms with E-state index in [1.807, 2.05) is 32.9 Å². The molecule has 2 aliphatic rings. The van der Waals surface area contributed by atoms with E-state index in [4.69, 9.17) is 0 Å². The first kappa shape index (κ1) is 16.1. The van der Waals surface area contributed by atoms with Crippen LogP contribution in [-0.4, -0.2) is 31.1 Å². The van der Waals surface area contributed by atoms with Crippen LogP contribution >= 0.6 is 0 Å². The quantitative estimate of drug-likeness (QED) is 0.837. The molecule has 1 heterocycles. The highest BCUT2D eigenvalue weighted by Gasteiger charge is 2.35. The van der Waals surface area contributed by atoms with Gasteiger partial charge in [-0.2, -0.15) is 4.31 Å². The molecule has 4 nitrogen and oxygen atoms in total. The fraction of sp³-hybridized carbons (Fsp3) is 0.389. The molecule has 0 amide bonds. The number of allylic oxidation sites excluding steroid dienone is 2. The van der Waals surface area contributed by atoms with E-state index in [2.05, 4.69) is 0 Å². The molecule has 0 saturated heterocycles. The van der Waals surface area contributed by atoms with Crippen LogP contribution in [0, 0.1) is 6.92 Å². The zero-order valence-corrected chi connectivity index (χ0v) is 14.5. The molecule has 1 aliphatic carbocycles. The van der Waals surface area contributed by atoms with Gasteiger partial charge in [0.2, 0.25) is 10.0 Å². The second-order valence-corrected chi connectivity index (χ2v) is 8.22. The Morgan fingerprint density at radius 1 is 1.13 bits per heavy atom. The van der Waals surface area contributed by atoms with Gasteiger partial charge in [0, 0.05) is 19.0 Å². The number of hydrogen-bond donors (Lipinski definition) is 0. The molecule has 0 bridgehead atoms. The van der Waals surface area contributed by atoms with Crippen LogP contribution in [0.5, 0.6) is 0 Å². The molecule has 0 spiro atoms. The molecule has 0 saturated carbocycles. The summed E-state index contributed by atoms with van der Waals surface area (Å²) < 4.78 is 27.6. The molecule has 1 atom stereocenters. The molecule has 0 radical (unpaired) electrons. The summed E-state index contributed by atoms with van der Waals surface area (Å²) in [4.78, 5) is 12.0. The molecule has 0 aromatic heterocycles. The Morgan fingerprint density at radius 3 is 2.43 bits per heavy atom. The van der Waals surface area contributed by atoms with Crippen molar-refractivity contribution in [2.24, 2.45) is 0 Å². The highest BCUT2D eigenvalue weighted by molar-refractivity contribution is 7.89. The van der Waals surface area contributed by atoms with Gasteiger partial charge in [-0.05, 0) is 56.5 Å². The lowest BCUT2D eigenvalue weighted by Crippen LogP contribution is -2.39. The summed E-state index contributed by atoms with van der Waals surface area (Å²) in [6.07, 6.45) is 2.67. The van der Waals surface area contributed by atoms with E-state index in [0.717, 1.165) is 22.3 Å². The van der Waals surface area contributed by atoms with E-state index < -0.39 is 10.0 Å². The van der Waals surface area contributed by atoms with Gasteiger partial charge in [-0.15, -0.1) is 0 Å². The first-order valence-electron chi connectivity index (χ1n) is 7.82. The van der Waals surface area contributed by atoms with Gasteiger partial charge >= 0.3 is 0 Å². The van der Waals surface area contributed by atoms with Crippen LogP contribution in [-0.2, 0) is 14.8 Å². The summed E-state index contributed by atoms with van der Waals surface area (Å²) in [7, 11) is -3.54. The minimum atomic E-state index is -3.54. The number of carbonyl (C=O) groups excluding carboxylic acids is 1. The smallest absolute Gasteiger partial charge is 0.243 e. The van der Waals surface area contributed by atoms with Crippen molar-refractivity contribution in [3.05, 3.63) is 52.6 Å². The maximum atomic E-state index is 13.0. The second kappa shape index (κ2) is 5.73. The van der Waals surface area contributed by atoms with Crippen molar-refractivity contribution >= 4 is 15.8 Å². The number of ketones is 1. The molecule has 1 aliphatic heterocycles. The topological polar surface area (TPSA) is 54.5 Å². The first-order valence-corrected chi connectivity index (χ1v) is 9.26. The average Bonchev–Trinajstić information content (AvgIpc) is 2.82. The summed E-state index contributed by atoms with van der Waals surface area (Å²) in [5.41, 5.74) is 4.05. The monoisotopic (exact) mass is 331 g/mol. The molecule has 3 rings (SSSR count). The van der Waals surface area contributed by atoms with E-state index in [9.17, 15) is 13.2 Å². The third-order valence-corrected chi connectivity index (χ3v) is 6.82. The number of hydrogen-bond acceptors (Lipinski definition) is 3. The van der Waals surface area contributed by atoms with Gasteiger partial charge in [0.15, 0.2) is 5.78 Å². The molecule has 122 valence electrons. The predicted molar refractivity (Wildman–Crippen MR) is 89.6 cm³/mol. The lowest BCUT2D eigenvalue weighted by molar-refractivity contribution is -0.113. The number of rotatable bonds is 2. The van der Waals surface area contributed by atoms with E-state index in [0.29, 0.717) is 24.3 Å². The number of aryl methyl sites for hydroxylation is 1. The number of sulfonamides is 1. The van der Waals surface area contributed by atoms with Crippen LogP contribution in [0.3, 0.4) is 0 Å². The summed E-state index contributed by atoms with van der Waals surface area (Å²) in [6.45, 7) is 6.18. The normalized spacial score (nSPS) is 22.8. The maximum Gasteiger partial charge on any atom is 0.243 e. The largest absolute Gasteiger partial charge is 0.294 e. The zero-order valence-electron chi connectivity index (χ0n) is 13.7. The Morgan fingerprint density at radius 2 is 1.78 bits per heavy atom. The van der Waals surface area contributed by atoms with Crippen molar-refractivity contribution in [2.75, 3.05) is 6.54 Å². The fourth-order valence-electron chi connectivity index (χ4n) is 3.30. The minimum absolute atomic E-state index is 0.122. The van der Waals surface area contributed by atoms with E-state index >= 15 is 0 Å². The molecule has 23 heavy (non-hydrogen) atoms. The molecule has 5 heteroatoms. The summed E-state index contributed by atoms with van der Waals surface area (Å²) in [5.74, 6) is 0.122. The maximum absolute atomic E-state index is 13.0. The predicted octanol–water partition coefficient (Wildman–Crippen LogP) is 2.99. The molecule has 1 aromatic rings. The summed E-state index contributed by atoms with van der Waals surface area (Å²) in [5, 5.41) is 0. The third kappa shape index (κ3) is 2.79. The number of carbonyl (C=O) groups is 1. The van der Waals surface area contributed by atoms with Crippen LogP contribution in [0.4, 0.5) is 0 Å². The van der Waals surface area contributed by atoms with Crippen molar-refractivity contribution in [3.8, 4) is 0 Å². The SMILES string of the molecule is CC1=C2CC(=O)C=C2CCN(S(=O)(=O)c2ccc(C)cc2)C1C.